The summed E-state index contributed by atoms with van der Waals surface area (Å²) < 4.78 is 37.7. The van der Waals surface area contributed by atoms with Crippen LogP contribution in [0, 0.1) is 0 Å². The highest BCUT2D eigenvalue weighted by Gasteiger charge is 2.16. The summed E-state index contributed by atoms with van der Waals surface area (Å²) in [6.45, 7) is 4.18. The number of hydrogen-bond acceptors (Lipinski definition) is 5. The summed E-state index contributed by atoms with van der Waals surface area (Å²) in [5, 5.41) is 0. The molecule has 0 aliphatic rings. The molecule has 2 aromatic rings. The average molecular weight is 392 g/mol. The van der Waals surface area contributed by atoms with Gasteiger partial charge in [-0.25, -0.2) is 13.1 Å². The van der Waals surface area contributed by atoms with E-state index in [0.29, 0.717) is 23.8 Å². The number of carbonyl (C=O) groups is 1. The van der Waals surface area contributed by atoms with Crippen LogP contribution in [0.15, 0.2) is 53.4 Å². The summed E-state index contributed by atoms with van der Waals surface area (Å²) >= 11 is 0. The highest BCUT2D eigenvalue weighted by Crippen LogP contribution is 2.20. The van der Waals surface area contributed by atoms with E-state index in [0.717, 1.165) is 0 Å². The van der Waals surface area contributed by atoms with Crippen molar-refractivity contribution in [1.29, 1.82) is 0 Å². The zero-order valence-electron chi connectivity index (χ0n) is 15.6. The van der Waals surface area contributed by atoms with Gasteiger partial charge in [0.1, 0.15) is 11.5 Å². The molecule has 7 nitrogen and oxygen atoms in total. The fraction of sp³-hybridized carbons (Fsp3) is 0.316. The maximum Gasteiger partial charge on any atom is 0.240 e. The Kier molecular flexibility index (Phi) is 7.20. The van der Waals surface area contributed by atoms with Crippen LogP contribution in [0.25, 0.3) is 0 Å². The SMILES string of the molecule is CCOc1ccc(N(CCNS(=O)(=O)c2ccc(OC)cc2)C(C)=O)cc1. The van der Waals surface area contributed by atoms with E-state index in [9.17, 15) is 13.2 Å². The molecule has 0 atom stereocenters. The lowest BCUT2D eigenvalue weighted by atomic mass is 10.2. The van der Waals surface area contributed by atoms with Crippen molar-refractivity contribution in [1.82, 2.24) is 4.72 Å². The van der Waals surface area contributed by atoms with E-state index in [1.807, 2.05) is 6.92 Å². The number of amides is 1. The van der Waals surface area contributed by atoms with Gasteiger partial charge in [0.05, 0.1) is 18.6 Å². The van der Waals surface area contributed by atoms with Crippen LogP contribution in [0.5, 0.6) is 11.5 Å². The summed E-state index contributed by atoms with van der Waals surface area (Å²) in [5.41, 5.74) is 0.676. The Hall–Kier alpha value is -2.58. The number of carbonyl (C=O) groups excluding carboxylic acids is 1. The normalized spacial score (nSPS) is 11.1. The highest BCUT2D eigenvalue weighted by molar-refractivity contribution is 7.89. The Labute approximate surface area is 160 Å². The standard InChI is InChI=1S/C19H24N2O5S/c1-4-26-18-7-5-16(6-8-18)21(15(2)22)14-13-20-27(23,24)19-11-9-17(25-3)10-12-19/h5-12,20H,4,13-14H2,1-3H3. The molecule has 2 aromatic carbocycles. The largest absolute Gasteiger partial charge is 0.497 e. The molecule has 8 heteroatoms. The van der Waals surface area contributed by atoms with E-state index in [-0.39, 0.29) is 23.9 Å². The first kappa shape index (κ1) is 20.7. The minimum atomic E-state index is -3.67. The van der Waals surface area contributed by atoms with Gasteiger partial charge in [0, 0.05) is 25.7 Å². The minimum absolute atomic E-state index is 0.0845. The molecule has 146 valence electrons. The topological polar surface area (TPSA) is 84.9 Å². The summed E-state index contributed by atoms with van der Waals surface area (Å²) in [6.07, 6.45) is 0. The smallest absolute Gasteiger partial charge is 0.240 e. The minimum Gasteiger partial charge on any atom is -0.497 e. The van der Waals surface area contributed by atoms with Crippen molar-refractivity contribution in [3.05, 3.63) is 48.5 Å². The number of nitrogens with one attached hydrogen (secondary N) is 1. The van der Waals surface area contributed by atoms with Gasteiger partial charge in [0.15, 0.2) is 0 Å². The van der Waals surface area contributed by atoms with Crippen LogP contribution in [-0.4, -0.2) is 41.1 Å². The number of sulfonamides is 1. The third-order valence-electron chi connectivity index (χ3n) is 3.84. The van der Waals surface area contributed by atoms with Crippen LogP contribution < -0.4 is 19.1 Å². The van der Waals surface area contributed by atoms with Crippen molar-refractivity contribution in [3.8, 4) is 11.5 Å². The Balaban J connectivity index is 2.01. The average Bonchev–Trinajstić information content (AvgIpc) is 2.66. The summed E-state index contributed by atoms with van der Waals surface area (Å²) in [7, 11) is -2.15. The van der Waals surface area contributed by atoms with Gasteiger partial charge in [-0.2, -0.15) is 0 Å². The van der Waals surface area contributed by atoms with E-state index in [4.69, 9.17) is 9.47 Å². The van der Waals surface area contributed by atoms with Gasteiger partial charge in [-0.1, -0.05) is 0 Å². The van der Waals surface area contributed by atoms with Crippen LogP contribution in [0.1, 0.15) is 13.8 Å². The molecule has 0 aliphatic heterocycles. The summed E-state index contributed by atoms with van der Waals surface area (Å²) in [6, 6.07) is 13.2. The van der Waals surface area contributed by atoms with E-state index in [1.54, 1.807) is 36.4 Å². The van der Waals surface area contributed by atoms with Gasteiger partial charge in [0.2, 0.25) is 15.9 Å². The van der Waals surface area contributed by atoms with E-state index in [1.165, 1.54) is 31.1 Å². The second kappa shape index (κ2) is 9.38. The molecule has 0 spiro atoms. The van der Waals surface area contributed by atoms with Gasteiger partial charge in [-0.3, -0.25) is 4.79 Å². The molecule has 0 fully saturated rings. The van der Waals surface area contributed by atoms with Crippen LogP contribution in [0.4, 0.5) is 5.69 Å². The van der Waals surface area contributed by atoms with Gasteiger partial charge in [-0.05, 0) is 55.5 Å². The second-order valence-corrected chi connectivity index (χ2v) is 7.44. The number of ether oxygens (including phenoxy) is 2. The quantitative estimate of drug-likeness (QED) is 0.708. The Morgan fingerprint density at radius 3 is 2.15 bits per heavy atom. The zero-order chi connectivity index (χ0) is 19.9. The van der Waals surface area contributed by atoms with E-state index < -0.39 is 10.0 Å². The first-order valence-electron chi connectivity index (χ1n) is 8.52. The number of anilines is 1. The molecule has 0 bridgehead atoms. The molecule has 1 amide bonds. The molecule has 0 unspecified atom stereocenters. The molecule has 0 radical (unpaired) electrons. The second-order valence-electron chi connectivity index (χ2n) is 5.67. The number of rotatable bonds is 9. The molecular formula is C19H24N2O5S. The van der Waals surface area contributed by atoms with E-state index in [2.05, 4.69) is 4.72 Å². The van der Waals surface area contributed by atoms with E-state index >= 15 is 0 Å². The van der Waals surface area contributed by atoms with Gasteiger partial charge in [0.25, 0.3) is 0 Å². The number of benzene rings is 2. The monoisotopic (exact) mass is 392 g/mol. The predicted molar refractivity (Wildman–Crippen MR) is 104 cm³/mol. The third-order valence-corrected chi connectivity index (χ3v) is 5.31. The first-order chi connectivity index (χ1) is 12.9. The maximum absolute atomic E-state index is 12.4. The molecule has 0 saturated carbocycles. The van der Waals surface area contributed by atoms with Crippen molar-refractivity contribution < 1.29 is 22.7 Å². The van der Waals surface area contributed by atoms with Crippen LogP contribution in [0.3, 0.4) is 0 Å². The lowest BCUT2D eigenvalue weighted by Crippen LogP contribution is -2.37. The van der Waals surface area contributed by atoms with Crippen molar-refractivity contribution in [3.63, 3.8) is 0 Å². The molecule has 0 aliphatic carbocycles. The van der Waals surface area contributed by atoms with Gasteiger partial charge < -0.3 is 14.4 Å². The van der Waals surface area contributed by atoms with Crippen molar-refractivity contribution >= 4 is 21.6 Å². The summed E-state index contributed by atoms with van der Waals surface area (Å²) in [4.78, 5) is 13.6. The van der Waals surface area contributed by atoms with Crippen molar-refractivity contribution in [2.75, 3.05) is 31.7 Å². The lowest BCUT2D eigenvalue weighted by Gasteiger charge is -2.21. The Bertz CT molecular complexity index is 849. The number of nitrogens with zero attached hydrogens (tertiary/aromatic N) is 1. The van der Waals surface area contributed by atoms with Gasteiger partial charge >= 0.3 is 0 Å². The van der Waals surface area contributed by atoms with Gasteiger partial charge in [-0.15, -0.1) is 0 Å². The lowest BCUT2D eigenvalue weighted by molar-refractivity contribution is -0.116. The maximum atomic E-state index is 12.4. The fourth-order valence-electron chi connectivity index (χ4n) is 2.49. The van der Waals surface area contributed by atoms with Crippen molar-refractivity contribution in [2.24, 2.45) is 0 Å². The Morgan fingerprint density at radius 1 is 1.04 bits per heavy atom. The molecule has 27 heavy (non-hydrogen) atoms. The first-order valence-corrected chi connectivity index (χ1v) is 10.0. The van der Waals surface area contributed by atoms with Crippen LogP contribution in [0.2, 0.25) is 0 Å². The number of hydrogen-bond donors (Lipinski definition) is 1. The van der Waals surface area contributed by atoms with Crippen LogP contribution >= 0.6 is 0 Å². The summed E-state index contributed by atoms with van der Waals surface area (Å²) in [5.74, 6) is 1.11. The molecule has 0 aromatic heterocycles. The molecule has 0 heterocycles. The molecule has 0 saturated heterocycles. The predicted octanol–water partition coefficient (Wildman–Crippen LogP) is 2.43. The third kappa shape index (κ3) is 5.70. The molecular weight excluding hydrogens is 368 g/mol. The molecule has 1 N–H and O–H groups in total. The molecule has 2 rings (SSSR count). The Morgan fingerprint density at radius 2 is 1.63 bits per heavy atom. The zero-order valence-corrected chi connectivity index (χ0v) is 16.5. The fourth-order valence-corrected chi connectivity index (χ4v) is 3.51. The van der Waals surface area contributed by atoms with Crippen molar-refractivity contribution in [2.45, 2.75) is 18.7 Å². The highest BCUT2D eigenvalue weighted by atomic mass is 32.2. The van der Waals surface area contributed by atoms with Crippen LogP contribution in [-0.2, 0) is 14.8 Å². The number of methoxy groups -OCH3 is 1.